The summed E-state index contributed by atoms with van der Waals surface area (Å²) in [6.45, 7) is 3.11. The van der Waals surface area contributed by atoms with Gasteiger partial charge in [-0.25, -0.2) is 9.97 Å². The molecule has 0 atom stereocenters. The van der Waals surface area contributed by atoms with Crippen LogP contribution in [0.1, 0.15) is 12.5 Å². The van der Waals surface area contributed by atoms with Crippen LogP contribution < -0.4 is 10.1 Å². The molecule has 0 aliphatic heterocycles. The summed E-state index contributed by atoms with van der Waals surface area (Å²) in [5, 5.41) is 13.7. The average molecular weight is 288 g/mol. The van der Waals surface area contributed by atoms with E-state index in [-0.39, 0.29) is 5.69 Å². The molecule has 7 heteroatoms. The van der Waals surface area contributed by atoms with Crippen LogP contribution >= 0.6 is 0 Å². The second-order valence-corrected chi connectivity index (χ2v) is 4.27. The maximum atomic E-state index is 10.6. The Hall–Kier alpha value is -2.70. The van der Waals surface area contributed by atoms with Crippen LogP contribution in [0.3, 0.4) is 0 Å². The van der Waals surface area contributed by atoms with Crippen molar-refractivity contribution in [2.75, 3.05) is 18.5 Å². The fourth-order valence-electron chi connectivity index (χ4n) is 1.78. The van der Waals surface area contributed by atoms with E-state index in [0.717, 1.165) is 12.0 Å². The molecule has 0 unspecified atom stereocenters. The van der Waals surface area contributed by atoms with Gasteiger partial charge in [0, 0.05) is 24.7 Å². The molecular formula is C14H16N4O3. The molecule has 0 aliphatic carbocycles. The SMILES string of the molecule is CCOc1cc(NCCc2ccc([N+](=O)[O-])cc2)ncn1. The lowest BCUT2D eigenvalue weighted by atomic mass is 10.1. The van der Waals surface area contributed by atoms with Gasteiger partial charge in [0.05, 0.1) is 11.5 Å². The van der Waals surface area contributed by atoms with E-state index in [1.165, 1.54) is 18.5 Å². The maximum Gasteiger partial charge on any atom is 0.269 e. The molecule has 1 N–H and O–H groups in total. The minimum Gasteiger partial charge on any atom is -0.478 e. The molecule has 110 valence electrons. The first-order valence-electron chi connectivity index (χ1n) is 6.61. The third-order valence-electron chi connectivity index (χ3n) is 2.80. The molecule has 1 heterocycles. The second-order valence-electron chi connectivity index (χ2n) is 4.27. The van der Waals surface area contributed by atoms with Gasteiger partial charge >= 0.3 is 0 Å². The Morgan fingerprint density at radius 3 is 2.71 bits per heavy atom. The van der Waals surface area contributed by atoms with Gasteiger partial charge in [0.1, 0.15) is 12.1 Å². The quantitative estimate of drug-likeness (QED) is 0.621. The summed E-state index contributed by atoms with van der Waals surface area (Å²) in [5.74, 6) is 1.22. The highest BCUT2D eigenvalue weighted by molar-refractivity contribution is 5.38. The van der Waals surface area contributed by atoms with Crippen molar-refractivity contribution in [2.45, 2.75) is 13.3 Å². The molecule has 0 amide bonds. The van der Waals surface area contributed by atoms with Crippen LogP contribution in [0.2, 0.25) is 0 Å². The van der Waals surface area contributed by atoms with Gasteiger partial charge in [-0.15, -0.1) is 0 Å². The second kappa shape index (κ2) is 7.18. The summed E-state index contributed by atoms with van der Waals surface area (Å²) in [6.07, 6.45) is 2.19. The number of hydrogen-bond donors (Lipinski definition) is 1. The Labute approximate surface area is 122 Å². The highest BCUT2D eigenvalue weighted by atomic mass is 16.6. The number of nitrogens with one attached hydrogen (secondary N) is 1. The molecule has 7 nitrogen and oxygen atoms in total. The monoisotopic (exact) mass is 288 g/mol. The van der Waals surface area contributed by atoms with Crippen molar-refractivity contribution < 1.29 is 9.66 Å². The van der Waals surface area contributed by atoms with Crippen molar-refractivity contribution in [3.63, 3.8) is 0 Å². The summed E-state index contributed by atoms with van der Waals surface area (Å²) in [7, 11) is 0. The summed E-state index contributed by atoms with van der Waals surface area (Å²) in [6, 6.07) is 8.26. The number of rotatable bonds is 7. The Morgan fingerprint density at radius 1 is 1.29 bits per heavy atom. The van der Waals surface area contributed by atoms with E-state index >= 15 is 0 Å². The van der Waals surface area contributed by atoms with E-state index in [9.17, 15) is 10.1 Å². The number of anilines is 1. The fourth-order valence-corrected chi connectivity index (χ4v) is 1.78. The van der Waals surface area contributed by atoms with Crippen molar-refractivity contribution in [3.8, 4) is 5.88 Å². The maximum absolute atomic E-state index is 10.6. The van der Waals surface area contributed by atoms with Crippen LogP contribution in [-0.2, 0) is 6.42 Å². The highest BCUT2D eigenvalue weighted by Gasteiger charge is 2.04. The van der Waals surface area contributed by atoms with Gasteiger partial charge < -0.3 is 10.1 Å². The third kappa shape index (κ3) is 4.41. The third-order valence-corrected chi connectivity index (χ3v) is 2.80. The fraction of sp³-hybridized carbons (Fsp3) is 0.286. The molecule has 0 radical (unpaired) electrons. The van der Waals surface area contributed by atoms with Gasteiger partial charge in [-0.05, 0) is 18.9 Å². The number of benzene rings is 1. The lowest BCUT2D eigenvalue weighted by Gasteiger charge is -2.07. The van der Waals surface area contributed by atoms with Gasteiger partial charge in [0.25, 0.3) is 5.69 Å². The molecule has 21 heavy (non-hydrogen) atoms. The van der Waals surface area contributed by atoms with Crippen LogP contribution in [0.15, 0.2) is 36.7 Å². The summed E-state index contributed by atoms with van der Waals surface area (Å²) >= 11 is 0. The molecule has 0 fully saturated rings. The van der Waals surface area contributed by atoms with E-state index < -0.39 is 4.92 Å². The van der Waals surface area contributed by atoms with Crippen molar-refractivity contribution in [1.29, 1.82) is 0 Å². The van der Waals surface area contributed by atoms with E-state index in [1.54, 1.807) is 18.2 Å². The van der Waals surface area contributed by atoms with E-state index in [0.29, 0.717) is 24.8 Å². The highest BCUT2D eigenvalue weighted by Crippen LogP contribution is 2.13. The zero-order valence-electron chi connectivity index (χ0n) is 11.7. The number of ether oxygens (including phenoxy) is 1. The average Bonchev–Trinajstić information content (AvgIpc) is 2.48. The van der Waals surface area contributed by atoms with Crippen molar-refractivity contribution in [3.05, 3.63) is 52.3 Å². The molecular weight excluding hydrogens is 272 g/mol. The molecule has 1 aromatic carbocycles. The number of non-ortho nitro benzene ring substituents is 1. The molecule has 2 rings (SSSR count). The van der Waals surface area contributed by atoms with Gasteiger partial charge in [0.15, 0.2) is 0 Å². The molecule has 0 spiro atoms. The molecule has 0 saturated heterocycles. The van der Waals surface area contributed by atoms with Gasteiger partial charge in [-0.3, -0.25) is 10.1 Å². The standard InChI is InChI=1S/C14H16N4O3/c1-2-21-14-9-13(16-10-17-14)15-8-7-11-3-5-12(6-4-11)18(19)20/h3-6,9-10H,2,7-8H2,1H3,(H,15,16,17). The summed E-state index contributed by atoms with van der Waals surface area (Å²) < 4.78 is 5.29. The number of nitro groups is 1. The summed E-state index contributed by atoms with van der Waals surface area (Å²) in [4.78, 5) is 18.2. The Kier molecular flexibility index (Phi) is 5.03. The predicted molar refractivity (Wildman–Crippen MR) is 78.5 cm³/mol. The number of nitro benzene ring substituents is 1. The lowest BCUT2D eigenvalue weighted by molar-refractivity contribution is -0.384. The van der Waals surface area contributed by atoms with Crippen molar-refractivity contribution in [2.24, 2.45) is 0 Å². The smallest absolute Gasteiger partial charge is 0.269 e. The Bertz CT molecular complexity index is 601. The van der Waals surface area contributed by atoms with E-state index in [4.69, 9.17) is 4.74 Å². The Balaban J connectivity index is 1.86. The zero-order chi connectivity index (χ0) is 15.1. The normalized spacial score (nSPS) is 10.1. The predicted octanol–water partition coefficient (Wildman–Crippen LogP) is 2.44. The summed E-state index contributed by atoms with van der Waals surface area (Å²) in [5.41, 5.74) is 1.12. The van der Waals surface area contributed by atoms with Gasteiger partial charge in [-0.1, -0.05) is 12.1 Å². The number of hydrogen-bond acceptors (Lipinski definition) is 6. The van der Waals surface area contributed by atoms with Crippen molar-refractivity contribution >= 4 is 11.5 Å². The largest absolute Gasteiger partial charge is 0.478 e. The van der Waals surface area contributed by atoms with E-state index in [1.807, 2.05) is 6.92 Å². The van der Waals surface area contributed by atoms with E-state index in [2.05, 4.69) is 15.3 Å². The number of nitrogens with zero attached hydrogens (tertiary/aromatic N) is 3. The lowest BCUT2D eigenvalue weighted by Crippen LogP contribution is -2.07. The molecule has 0 bridgehead atoms. The number of aromatic nitrogens is 2. The minimum atomic E-state index is -0.405. The van der Waals surface area contributed by atoms with Crippen LogP contribution in [0, 0.1) is 10.1 Å². The minimum absolute atomic E-state index is 0.101. The first-order valence-corrected chi connectivity index (χ1v) is 6.61. The first-order chi connectivity index (χ1) is 10.2. The van der Waals surface area contributed by atoms with Crippen LogP contribution in [0.25, 0.3) is 0 Å². The van der Waals surface area contributed by atoms with Crippen molar-refractivity contribution in [1.82, 2.24) is 9.97 Å². The topological polar surface area (TPSA) is 90.2 Å². The van der Waals surface area contributed by atoms with Crippen LogP contribution in [0.4, 0.5) is 11.5 Å². The Morgan fingerprint density at radius 2 is 2.05 bits per heavy atom. The molecule has 0 saturated carbocycles. The first kappa shape index (κ1) is 14.7. The van der Waals surface area contributed by atoms with Crippen LogP contribution in [-0.4, -0.2) is 28.0 Å². The zero-order valence-corrected chi connectivity index (χ0v) is 11.7. The molecule has 0 aliphatic rings. The van der Waals surface area contributed by atoms with Gasteiger partial charge in [0.2, 0.25) is 5.88 Å². The van der Waals surface area contributed by atoms with Gasteiger partial charge in [-0.2, -0.15) is 0 Å². The molecule has 2 aromatic rings. The molecule has 1 aromatic heterocycles. The van der Waals surface area contributed by atoms with Crippen LogP contribution in [0.5, 0.6) is 5.88 Å².